The van der Waals surface area contributed by atoms with Crippen molar-refractivity contribution >= 4 is 32.7 Å². The number of hydrogen-bond acceptors (Lipinski definition) is 5. The predicted molar refractivity (Wildman–Crippen MR) is 86.2 cm³/mol. The molecule has 0 spiro atoms. The summed E-state index contributed by atoms with van der Waals surface area (Å²) in [5, 5.41) is 3.28. The second-order valence-electron chi connectivity index (χ2n) is 5.37. The third kappa shape index (κ3) is 4.38. The van der Waals surface area contributed by atoms with Gasteiger partial charge in [-0.3, -0.25) is 5.32 Å². The van der Waals surface area contributed by atoms with Crippen molar-refractivity contribution in [3.8, 4) is 0 Å². The predicted octanol–water partition coefficient (Wildman–Crippen LogP) is 0.844. The Balaban J connectivity index is 1.87. The first-order valence-corrected chi connectivity index (χ1v) is 9.29. The maximum atomic E-state index is 12.1. The summed E-state index contributed by atoms with van der Waals surface area (Å²) in [4.78, 5) is 18.8. The highest BCUT2D eigenvalue weighted by Gasteiger charge is 2.29. The van der Waals surface area contributed by atoms with E-state index in [-0.39, 0.29) is 25.2 Å². The highest BCUT2D eigenvalue weighted by Crippen LogP contribution is 2.17. The fraction of sp³-hybridized carbons (Fsp3) is 0.667. The molecule has 0 saturated carbocycles. The van der Waals surface area contributed by atoms with Crippen LogP contribution in [0.2, 0.25) is 0 Å². The van der Waals surface area contributed by atoms with E-state index >= 15 is 0 Å². The molecule has 0 atom stereocenters. The van der Waals surface area contributed by atoms with Gasteiger partial charge in [-0.05, 0) is 20.8 Å². The molecule has 2 heterocycles. The van der Waals surface area contributed by atoms with E-state index in [2.05, 4.69) is 15.0 Å². The Labute approximate surface area is 134 Å². The molecule has 0 aliphatic carbocycles. The number of anilines is 1. The minimum Gasteiger partial charge on any atom is -0.322 e. The molecule has 0 bridgehead atoms. The fourth-order valence-electron chi connectivity index (χ4n) is 2.09. The number of aryl methyl sites for hydroxylation is 1. The lowest BCUT2D eigenvalue weighted by molar-refractivity contribution is 0.183. The molecule has 1 aromatic rings. The smallest absolute Gasteiger partial charge is 0.322 e. The summed E-state index contributed by atoms with van der Waals surface area (Å²) in [6.07, 6.45) is 1.70. The van der Waals surface area contributed by atoms with Crippen LogP contribution in [0.15, 0.2) is 6.20 Å². The molecular weight excluding hydrogens is 326 g/mol. The van der Waals surface area contributed by atoms with Crippen LogP contribution in [-0.4, -0.2) is 60.9 Å². The molecule has 2 N–H and O–H groups in total. The van der Waals surface area contributed by atoms with Crippen molar-refractivity contribution in [3.63, 3.8) is 0 Å². The molecule has 0 aromatic carbocycles. The van der Waals surface area contributed by atoms with E-state index in [1.165, 1.54) is 15.6 Å². The van der Waals surface area contributed by atoms with Gasteiger partial charge in [0.25, 0.3) is 10.2 Å². The van der Waals surface area contributed by atoms with Crippen LogP contribution in [0.1, 0.15) is 18.7 Å². The lowest BCUT2D eigenvalue weighted by Crippen LogP contribution is -2.54. The zero-order valence-corrected chi connectivity index (χ0v) is 14.5. The first-order chi connectivity index (χ1) is 10.3. The highest BCUT2D eigenvalue weighted by atomic mass is 32.2. The first kappa shape index (κ1) is 17.1. The number of nitrogens with zero attached hydrogens (tertiary/aromatic N) is 3. The Morgan fingerprint density at radius 1 is 1.32 bits per heavy atom. The van der Waals surface area contributed by atoms with Crippen LogP contribution in [-0.2, 0) is 10.2 Å². The Bertz CT molecular complexity index is 620. The summed E-state index contributed by atoms with van der Waals surface area (Å²) in [7, 11) is -3.47. The molecular formula is C12H21N5O3S2. The Morgan fingerprint density at radius 2 is 1.95 bits per heavy atom. The minimum absolute atomic E-state index is 0.153. The molecule has 22 heavy (non-hydrogen) atoms. The van der Waals surface area contributed by atoms with E-state index in [1.54, 1.807) is 24.9 Å². The normalized spacial score (nSPS) is 17.0. The molecule has 2 rings (SSSR count). The van der Waals surface area contributed by atoms with Gasteiger partial charge in [-0.2, -0.15) is 17.4 Å². The number of hydrogen-bond donors (Lipinski definition) is 2. The highest BCUT2D eigenvalue weighted by molar-refractivity contribution is 7.87. The van der Waals surface area contributed by atoms with Crippen LogP contribution in [0.25, 0.3) is 0 Å². The summed E-state index contributed by atoms with van der Waals surface area (Å²) in [5.74, 6) is 0. The molecule has 0 radical (unpaired) electrons. The zero-order chi connectivity index (χ0) is 16.3. The quantitative estimate of drug-likeness (QED) is 0.844. The standard InChI is InChI=1S/C12H21N5O3S2/c1-9(2)15-22(19,20)17-6-4-16(5-7-17)12(18)14-11-13-8-10(3)21-11/h8-9,15H,4-7H2,1-3H3,(H,13,14,18). The molecule has 8 nitrogen and oxygen atoms in total. The van der Waals surface area contributed by atoms with E-state index in [0.717, 1.165) is 4.88 Å². The SMILES string of the molecule is Cc1cnc(NC(=O)N2CCN(S(=O)(=O)NC(C)C)CC2)s1. The van der Waals surface area contributed by atoms with Crippen LogP contribution in [0, 0.1) is 6.92 Å². The average molecular weight is 347 g/mol. The topological polar surface area (TPSA) is 94.6 Å². The van der Waals surface area contributed by atoms with Gasteiger partial charge in [0.2, 0.25) is 0 Å². The Kier molecular flexibility index (Phi) is 5.37. The Morgan fingerprint density at radius 3 is 2.45 bits per heavy atom. The molecule has 2 amide bonds. The van der Waals surface area contributed by atoms with E-state index < -0.39 is 10.2 Å². The maximum Gasteiger partial charge on any atom is 0.323 e. The summed E-state index contributed by atoms with van der Waals surface area (Å²) in [6.45, 7) is 6.75. The third-order valence-electron chi connectivity index (χ3n) is 3.09. The number of amides is 2. The van der Waals surface area contributed by atoms with Gasteiger partial charge in [0.1, 0.15) is 0 Å². The molecule has 1 saturated heterocycles. The molecule has 10 heteroatoms. The van der Waals surface area contributed by atoms with Crippen molar-refractivity contribution in [2.75, 3.05) is 31.5 Å². The third-order valence-corrected chi connectivity index (χ3v) is 5.73. The van der Waals surface area contributed by atoms with Crippen molar-refractivity contribution in [2.24, 2.45) is 0 Å². The largest absolute Gasteiger partial charge is 0.323 e. The van der Waals surface area contributed by atoms with Crippen LogP contribution in [0.4, 0.5) is 9.93 Å². The number of carbonyl (C=O) groups excluding carboxylic acids is 1. The van der Waals surface area contributed by atoms with Crippen molar-refractivity contribution in [3.05, 3.63) is 11.1 Å². The van der Waals surface area contributed by atoms with Crippen molar-refractivity contribution in [1.29, 1.82) is 0 Å². The van der Waals surface area contributed by atoms with E-state index in [0.29, 0.717) is 18.2 Å². The number of piperazine rings is 1. The van der Waals surface area contributed by atoms with Crippen molar-refractivity contribution in [1.82, 2.24) is 18.9 Å². The molecule has 1 aliphatic heterocycles. The number of thiazole rings is 1. The minimum atomic E-state index is -3.47. The fourth-order valence-corrected chi connectivity index (χ4v) is 4.13. The summed E-state index contributed by atoms with van der Waals surface area (Å²) < 4.78 is 28.0. The van der Waals surface area contributed by atoms with E-state index in [1.807, 2.05) is 6.92 Å². The van der Waals surface area contributed by atoms with Gasteiger partial charge in [0, 0.05) is 43.3 Å². The van der Waals surface area contributed by atoms with Gasteiger partial charge < -0.3 is 4.90 Å². The van der Waals surface area contributed by atoms with Gasteiger partial charge in [-0.25, -0.2) is 9.78 Å². The van der Waals surface area contributed by atoms with Gasteiger partial charge in [-0.15, -0.1) is 11.3 Å². The number of carbonyl (C=O) groups is 1. The van der Waals surface area contributed by atoms with Crippen molar-refractivity contribution < 1.29 is 13.2 Å². The second-order valence-corrected chi connectivity index (χ2v) is 8.31. The summed E-state index contributed by atoms with van der Waals surface area (Å²) in [5.41, 5.74) is 0. The zero-order valence-electron chi connectivity index (χ0n) is 12.9. The van der Waals surface area contributed by atoms with E-state index in [4.69, 9.17) is 0 Å². The van der Waals surface area contributed by atoms with Crippen LogP contribution >= 0.6 is 11.3 Å². The average Bonchev–Trinajstić information content (AvgIpc) is 2.83. The monoisotopic (exact) mass is 347 g/mol. The van der Waals surface area contributed by atoms with Crippen LogP contribution < -0.4 is 10.0 Å². The van der Waals surface area contributed by atoms with Gasteiger partial charge in [-0.1, -0.05) is 0 Å². The summed E-state index contributed by atoms with van der Waals surface area (Å²) in [6, 6.07) is -0.400. The lowest BCUT2D eigenvalue weighted by atomic mass is 10.4. The molecule has 1 aromatic heterocycles. The number of nitrogens with one attached hydrogen (secondary N) is 2. The molecule has 0 unspecified atom stereocenters. The maximum absolute atomic E-state index is 12.1. The van der Waals surface area contributed by atoms with Gasteiger partial charge in [0.05, 0.1) is 0 Å². The second kappa shape index (κ2) is 6.90. The van der Waals surface area contributed by atoms with E-state index in [9.17, 15) is 13.2 Å². The molecule has 124 valence electrons. The molecule has 1 aliphatic rings. The van der Waals surface area contributed by atoms with Gasteiger partial charge >= 0.3 is 6.03 Å². The molecule has 1 fully saturated rings. The van der Waals surface area contributed by atoms with Crippen LogP contribution in [0.5, 0.6) is 0 Å². The number of urea groups is 1. The Hall–Kier alpha value is -1.23. The van der Waals surface area contributed by atoms with Crippen LogP contribution in [0.3, 0.4) is 0 Å². The number of rotatable bonds is 4. The van der Waals surface area contributed by atoms with Gasteiger partial charge in [0.15, 0.2) is 5.13 Å². The number of aromatic nitrogens is 1. The lowest BCUT2D eigenvalue weighted by Gasteiger charge is -2.34. The summed E-state index contributed by atoms with van der Waals surface area (Å²) >= 11 is 1.41. The van der Waals surface area contributed by atoms with Crippen molar-refractivity contribution in [2.45, 2.75) is 26.8 Å². The first-order valence-electron chi connectivity index (χ1n) is 7.03.